The molecule has 150 valence electrons. The molecule has 1 aromatic carbocycles. The van der Waals surface area contributed by atoms with Crippen LogP contribution in [-0.2, 0) is 16.4 Å². The van der Waals surface area contributed by atoms with Crippen molar-refractivity contribution in [3.8, 4) is 0 Å². The summed E-state index contributed by atoms with van der Waals surface area (Å²) in [6, 6.07) is 11.4. The maximum absolute atomic E-state index is 12.5. The zero-order valence-electron chi connectivity index (χ0n) is 15.8. The van der Waals surface area contributed by atoms with Gasteiger partial charge < -0.3 is 11.1 Å². The average Bonchev–Trinajstić information content (AvgIpc) is 3.07. The van der Waals surface area contributed by atoms with Crippen molar-refractivity contribution in [2.75, 3.05) is 25.0 Å². The van der Waals surface area contributed by atoms with Gasteiger partial charge in [0.1, 0.15) is 4.21 Å². The van der Waals surface area contributed by atoms with E-state index in [-0.39, 0.29) is 24.0 Å². The molecule has 1 heterocycles. The van der Waals surface area contributed by atoms with Gasteiger partial charge in [-0.25, -0.2) is 8.42 Å². The van der Waals surface area contributed by atoms with Gasteiger partial charge in [0.15, 0.2) is 5.96 Å². The number of nitrogens with two attached hydrogens (primary N) is 1. The minimum atomic E-state index is -3.39. The van der Waals surface area contributed by atoms with E-state index in [0.29, 0.717) is 36.2 Å². The molecule has 0 atom stereocenters. The van der Waals surface area contributed by atoms with Crippen LogP contribution < -0.4 is 11.1 Å². The number of rotatable bonds is 8. The molecule has 0 amide bonds. The van der Waals surface area contributed by atoms with Crippen molar-refractivity contribution in [3.05, 3.63) is 46.8 Å². The molecule has 0 aliphatic heterocycles. The molecule has 6 nitrogen and oxygen atoms in total. The minimum absolute atomic E-state index is 0. The highest BCUT2D eigenvalue weighted by molar-refractivity contribution is 14.0. The number of hydrogen-bond acceptors (Lipinski definition) is 4. The van der Waals surface area contributed by atoms with E-state index in [1.807, 2.05) is 51.1 Å². The fraction of sp³-hybridized carbons (Fsp3) is 0.389. The van der Waals surface area contributed by atoms with Crippen molar-refractivity contribution < 1.29 is 8.42 Å². The Morgan fingerprint density at radius 1 is 1.15 bits per heavy atom. The van der Waals surface area contributed by atoms with Gasteiger partial charge >= 0.3 is 0 Å². The topological polar surface area (TPSA) is 87.8 Å². The predicted octanol–water partition coefficient (Wildman–Crippen LogP) is 3.67. The molecule has 0 radical (unpaired) electrons. The van der Waals surface area contributed by atoms with Crippen molar-refractivity contribution in [2.24, 2.45) is 10.7 Å². The van der Waals surface area contributed by atoms with E-state index in [1.165, 1.54) is 21.2 Å². The Bertz CT molecular complexity index is 845. The molecule has 0 saturated carbocycles. The number of hydrogen-bond donors (Lipinski definition) is 2. The molecular weight excluding hydrogens is 495 g/mol. The maximum atomic E-state index is 12.5. The lowest BCUT2D eigenvalue weighted by Gasteiger charge is -2.16. The second-order valence-electron chi connectivity index (χ2n) is 5.82. The summed E-state index contributed by atoms with van der Waals surface area (Å²) in [6.07, 6.45) is 0.648. The zero-order valence-corrected chi connectivity index (χ0v) is 19.8. The Morgan fingerprint density at radius 2 is 1.78 bits per heavy atom. The molecule has 0 saturated heterocycles. The monoisotopic (exact) mass is 522 g/mol. The first-order chi connectivity index (χ1) is 12.4. The molecule has 0 spiro atoms. The Balaban J connectivity index is 0.00000364. The zero-order chi connectivity index (χ0) is 19.2. The average molecular weight is 522 g/mol. The van der Waals surface area contributed by atoms with Crippen LogP contribution >= 0.6 is 35.3 Å². The normalized spacial score (nSPS) is 12.1. The van der Waals surface area contributed by atoms with Gasteiger partial charge in [-0.1, -0.05) is 31.5 Å². The van der Waals surface area contributed by atoms with Crippen molar-refractivity contribution in [1.29, 1.82) is 0 Å². The van der Waals surface area contributed by atoms with E-state index in [2.05, 4.69) is 10.3 Å². The van der Waals surface area contributed by atoms with Crippen LogP contribution in [0.25, 0.3) is 0 Å². The third kappa shape index (κ3) is 6.74. The minimum Gasteiger partial charge on any atom is -0.370 e. The number of thiophene rings is 1. The van der Waals surface area contributed by atoms with Gasteiger partial charge in [0, 0.05) is 36.6 Å². The molecule has 2 rings (SSSR count). The van der Waals surface area contributed by atoms with Crippen LogP contribution in [0.15, 0.2) is 45.6 Å². The number of nitrogens with zero attached hydrogens (tertiary/aromatic N) is 2. The molecule has 0 bridgehead atoms. The largest absolute Gasteiger partial charge is 0.370 e. The van der Waals surface area contributed by atoms with E-state index in [1.54, 1.807) is 6.07 Å². The Morgan fingerprint density at radius 3 is 2.37 bits per heavy atom. The summed E-state index contributed by atoms with van der Waals surface area (Å²) in [6.45, 7) is 7.14. The number of sulfonamides is 1. The number of guanidine groups is 1. The second kappa shape index (κ2) is 11.0. The summed E-state index contributed by atoms with van der Waals surface area (Å²) in [5.41, 5.74) is 7.97. The van der Waals surface area contributed by atoms with E-state index < -0.39 is 10.0 Å². The number of nitrogens with one attached hydrogen (secondary N) is 1. The predicted molar refractivity (Wildman–Crippen MR) is 125 cm³/mol. The van der Waals surface area contributed by atoms with E-state index in [4.69, 9.17) is 5.73 Å². The fourth-order valence-electron chi connectivity index (χ4n) is 2.43. The molecule has 9 heteroatoms. The van der Waals surface area contributed by atoms with Crippen LogP contribution in [0.3, 0.4) is 0 Å². The molecule has 3 N–H and O–H groups in total. The summed E-state index contributed by atoms with van der Waals surface area (Å²) in [4.78, 5) is 5.28. The highest BCUT2D eigenvalue weighted by Crippen LogP contribution is 2.25. The van der Waals surface area contributed by atoms with Gasteiger partial charge in [-0.3, -0.25) is 4.99 Å². The van der Waals surface area contributed by atoms with E-state index in [0.717, 1.165) is 10.6 Å². The van der Waals surface area contributed by atoms with Gasteiger partial charge in [-0.05, 0) is 31.2 Å². The standard InChI is InChI=1S/C18H26N4O2S2.HI/c1-4-22(5-2)26(23,24)17-11-10-16(25-17)12-13-20-18(19)21-15-8-6-14(3)7-9-15;/h6-11H,4-5,12-13H2,1-3H3,(H3,19,20,21);1H. The number of benzene rings is 1. The van der Waals surface area contributed by atoms with Crippen LogP contribution in [0.5, 0.6) is 0 Å². The van der Waals surface area contributed by atoms with Crippen molar-refractivity contribution in [2.45, 2.75) is 31.4 Å². The van der Waals surface area contributed by atoms with Gasteiger partial charge in [0.25, 0.3) is 10.0 Å². The van der Waals surface area contributed by atoms with E-state index in [9.17, 15) is 8.42 Å². The lowest BCUT2D eigenvalue weighted by atomic mass is 10.2. The van der Waals surface area contributed by atoms with Crippen molar-refractivity contribution in [1.82, 2.24) is 4.31 Å². The van der Waals surface area contributed by atoms with Gasteiger partial charge in [0.05, 0.1) is 0 Å². The molecule has 2 aromatic rings. The molecule has 27 heavy (non-hydrogen) atoms. The fourth-order valence-corrected chi connectivity index (χ4v) is 5.39. The second-order valence-corrected chi connectivity index (χ2v) is 9.15. The SMILES string of the molecule is CCN(CC)S(=O)(=O)c1ccc(CCN=C(N)Nc2ccc(C)cc2)s1.I. The van der Waals surface area contributed by atoms with E-state index >= 15 is 0 Å². The van der Waals surface area contributed by atoms with Crippen LogP contribution in [0.2, 0.25) is 0 Å². The molecule has 0 aliphatic rings. The van der Waals surface area contributed by atoms with Crippen LogP contribution in [-0.4, -0.2) is 38.3 Å². The molecule has 0 aliphatic carbocycles. The third-order valence-corrected chi connectivity index (χ3v) is 7.56. The smallest absolute Gasteiger partial charge is 0.252 e. The van der Waals surface area contributed by atoms with Gasteiger partial charge in [0.2, 0.25) is 0 Å². The highest BCUT2D eigenvalue weighted by Gasteiger charge is 2.23. The summed E-state index contributed by atoms with van der Waals surface area (Å²) in [5, 5.41) is 3.04. The van der Waals surface area contributed by atoms with Crippen LogP contribution in [0.1, 0.15) is 24.3 Å². The molecule has 1 aromatic heterocycles. The van der Waals surface area contributed by atoms with Crippen LogP contribution in [0.4, 0.5) is 5.69 Å². The first kappa shape index (κ1) is 23.9. The summed E-state index contributed by atoms with van der Waals surface area (Å²) < 4.78 is 26.8. The first-order valence-corrected chi connectivity index (χ1v) is 10.8. The lowest BCUT2D eigenvalue weighted by Crippen LogP contribution is -2.29. The Labute approximate surface area is 182 Å². The quantitative estimate of drug-likeness (QED) is 0.315. The van der Waals surface area contributed by atoms with Crippen molar-refractivity contribution in [3.63, 3.8) is 0 Å². The van der Waals surface area contributed by atoms with Crippen LogP contribution in [0, 0.1) is 6.92 Å². The van der Waals surface area contributed by atoms with Gasteiger partial charge in [-0.2, -0.15) is 4.31 Å². The third-order valence-electron chi connectivity index (χ3n) is 3.90. The van der Waals surface area contributed by atoms with Crippen molar-refractivity contribution >= 4 is 57.0 Å². The highest BCUT2D eigenvalue weighted by atomic mass is 127. The Hall–Kier alpha value is -1.17. The molecule has 0 unspecified atom stereocenters. The molecular formula is C18H27IN4O2S2. The number of halogens is 1. The number of aryl methyl sites for hydroxylation is 1. The lowest BCUT2D eigenvalue weighted by molar-refractivity contribution is 0.447. The summed E-state index contributed by atoms with van der Waals surface area (Å²) in [7, 11) is -3.39. The molecule has 0 fully saturated rings. The Kier molecular flexibility index (Phi) is 9.71. The summed E-state index contributed by atoms with van der Waals surface area (Å²) in [5.74, 6) is 0.349. The number of aliphatic imine (C=N–C) groups is 1. The first-order valence-electron chi connectivity index (χ1n) is 8.59. The number of anilines is 1. The maximum Gasteiger partial charge on any atom is 0.252 e. The summed E-state index contributed by atoms with van der Waals surface area (Å²) >= 11 is 1.30. The van der Waals surface area contributed by atoms with Gasteiger partial charge in [-0.15, -0.1) is 35.3 Å².